The minimum absolute atomic E-state index is 0.0634. The van der Waals surface area contributed by atoms with E-state index in [4.69, 9.17) is 4.74 Å². The molecule has 0 spiro atoms. The molecule has 3 aromatic carbocycles. The Kier molecular flexibility index (Phi) is 8.84. The fourth-order valence-corrected chi connectivity index (χ4v) is 4.68. The normalized spacial score (nSPS) is 16.2. The number of allylic oxidation sites excluding steroid dienone is 1. The van der Waals surface area contributed by atoms with E-state index in [1.54, 1.807) is 65.6 Å². The molecule has 3 aromatic rings. The summed E-state index contributed by atoms with van der Waals surface area (Å²) in [7, 11) is 0. The Morgan fingerprint density at radius 3 is 2.08 bits per heavy atom. The lowest BCUT2D eigenvalue weighted by Crippen LogP contribution is -2.53. The summed E-state index contributed by atoms with van der Waals surface area (Å²) in [5, 5.41) is 14.0. The molecule has 0 saturated carbocycles. The third kappa shape index (κ3) is 6.25. The number of hydrogen-bond donors (Lipinski definition) is 2. The van der Waals surface area contributed by atoms with Crippen molar-refractivity contribution in [2.75, 3.05) is 19.7 Å². The molecule has 196 valence electrons. The molecule has 0 unspecified atom stereocenters. The van der Waals surface area contributed by atoms with Gasteiger partial charge in [0, 0.05) is 0 Å². The SMILES string of the molecule is CC(=CCOC(=O)CN1CCC[C@H]1C(=O)NC(=O)C(O)(c1ccccc1)c1ccccc1)c1ccccc1. The molecule has 4 rings (SSSR count). The van der Waals surface area contributed by atoms with E-state index in [0.29, 0.717) is 30.5 Å². The number of benzene rings is 3. The molecule has 0 bridgehead atoms. The Hall–Kier alpha value is -4.07. The van der Waals surface area contributed by atoms with Gasteiger partial charge in [-0.2, -0.15) is 0 Å². The van der Waals surface area contributed by atoms with Gasteiger partial charge < -0.3 is 9.84 Å². The van der Waals surface area contributed by atoms with Gasteiger partial charge in [0.25, 0.3) is 5.91 Å². The first-order valence-electron chi connectivity index (χ1n) is 12.7. The summed E-state index contributed by atoms with van der Waals surface area (Å²) in [5.41, 5.74) is 0.697. The first-order valence-corrected chi connectivity index (χ1v) is 12.7. The molecule has 7 nitrogen and oxygen atoms in total. The first kappa shape index (κ1) is 27.0. The summed E-state index contributed by atoms with van der Waals surface area (Å²) in [5.74, 6) is -1.83. The lowest BCUT2D eigenvalue weighted by molar-refractivity contribution is -0.145. The number of amides is 2. The van der Waals surface area contributed by atoms with Gasteiger partial charge in [0.2, 0.25) is 5.91 Å². The van der Waals surface area contributed by atoms with Crippen molar-refractivity contribution in [2.24, 2.45) is 0 Å². The van der Waals surface area contributed by atoms with Crippen LogP contribution in [0.25, 0.3) is 5.57 Å². The molecular formula is C31H32N2O5. The van der Waals surface area contributed by atoms with Gasteiger partial charge in [-0.1, -0.05) is 91.0 Å². The van der Waals surface area contributed by atoms with Crippen LogP contribution in [0.5, 0.6) is 0 Å². The number of carbonyl (C=O) groups excluding carboxylic acids is 3. The summed E-state index contributed by atoms with van der Waals surface area (Å²) >= 11 is 0. The maximum Gasteiger partial charge on any atom is 0.320 e. The number of esters is 1. The number of rotatable bonds is 9. The number of nitrogens with zero attached hydrogens (tertiary/aromatic N) is 1. The van der Waals surface area contributed by atoms with E-state index in [1.165, 1.54) is 0 Å². The van der Waals surface area contributed by atoms with E-state index < -0.39 is 29.4 Å². The predicted octanol–water partition coefficient (Wildman–Crippen LogP) is 3.68. The number of nitrogens with one attached hydrogen (secondary N) is 1. The summed E-state index contributed by atoms with van der Waals surface area (Å²) < 4.78 is 5.38. The maximum atomic E-state index is 13.4. The van der Waals surface area contributed by atoms with E-state index >= 15 is 0 Å². The van der Waals surface area contributed by atoms with E-state index in [2.05, 4.69) is 5.32 Å². The second-order valence-electron chi connectivity index (χ2n) is 9.33. The lowest BCUT2D eigenvalue weighted by atomic mass is 9.85. The predicted molar refractivity (Wildman–Crippen MR) is 145 cm³/mol. The zero-order chi connectivity index (χ0) is 27.0. The molecule has 1 fully saturated rings. The minimum Gasteiger partial charge on any atom is -0.460 e. The van der Waals surface area contributed by atoms with E-state index in [9.17, 15) is 19.5 Å². The fourth-order valence-electron chi connectivity index (χ4n) is 4.68. The van der Waals surface area contributed by atoms with Crippen LogP contribution in [0.1, 0.15) is 36.5 Å². The molecule has 1 aliphatic rings. The number of imide groups is 1. The highest BCUT2D eigenvalue weighted by atomic mass is 16.5. The molecule has 2 amide bonds. The third-order valence-corrected chi connectivity index (χ3v) is 6.81. The van der Waals surface area contributed by atoms with Crippen LogP contribution in [0.4, 0.5) is 0 Å². The minimum atomic E-state index is -2.05. The Morgan fingerprint density at radius 2 is 1.50 bits per heavy atom. The van der Waals surface area contributed by atoms with Gasteiger partial charge in [0.05, 0.1) is 12.6 Å². The molecule has 38 heavy (non-hydrogen) atoms. The highest BCUT2D eigenvalue weighted by Crippen LogP contribution is 2.30. The highest BCUT2D eigenvalue weighted by Gasteiger charge is 2.42. The van der Waals surface area contributed by atoms with Crippen molar-refractivity contribution < 1.29 is 24.2 Å². The maximum absolute atomic E-state index is 13.4. The van der Waals surface area contributed by atoms with Crippen LogP contribution >= 0.6 is 0 Å². The van der Waals surface area contributed by atoms with Crippen molar-refractivity contribution in [1.82, 2.24) is 10.2 Å². The summed E-state index contributed by atoms with van der Waals surface area (Å²) in [6.45, 7) is 2.55. The Balaban J connectivity index is 1.39. The second-order valence-corrected chi connectivity index (χ2v) is 9.33. The molecule has 0 radical (unpaired) electrons. The number of ether oxygens (including phenoxy) is 1. The topological polar surface area (TPSA) is 95.9 Å². The van der Waals surface area contributed by atoms with Gasteiger partial charge in [0.15, 0.2) is 5.60 Å². The van der Waals surface area contributed by atoms with Crippen LogP contribution in [0, 0.1) is 0 Å². The fraction of sp³-hybridized carbons (Fsp3) is 0.258. The second kappa shape index (κ2) is 12.4. The Labute approximate surface area is 222 Å². The van der Waals surface area contributed by atoms with Gasteiger partial charge in [-0.3, -0.25) is 24.6 Å². The number of carbonyl (C=O) groups is 3. The molecular weight excluding hydrogens is 480 g/mol. The van der Waals surface area contributed by atoms with Crippen LogP contribution in [-0.2, 0) is 24.7 Å². The van der Waals surface area contributed by atoms with Crippen molar-refractivity contribution in [1.29, 1.82) is 0 Å². The summed E-state index contributed by atoms with van der Waals surface area (Å²) in [6, 6.07) is 26.1. The Bertz CT molecular complexity index is 1240. The molecule has 2 N–H and O–H groups in total. The van der Waals surface area contributed by atoms with Gasteiger partial charge in [0.1, 0.15) is 6.61 Å². The monoisotopic (exact) mass is 512 g/mol. The molecule has 1 aliphatic heterocycles. The van der Waals surface area contributed by atoms with Crippen LogP contribution in [0.3, 0.4) is 0 Å². The Morgan fingerprint density at radius 1 is 0.947 bits per heavy atom. The molecule has 7 heteroatoms. The first-order chi connectivity index (χ1) is 18.4. The van der Waals surface area contributed by atoms with Crippen molar-refractivity contribution in [3.63, 3.8) is 0 Å². The van der Waals surface area contributed by atoms with Crippen LogP contribution < -0.4 is 5.32 Å². The smallest absolute Gasteiger partial charge is 0.320 e. The van der Waals surface area contributed by atoms with Gasteiger partial charge in [-0.05, 0) is 54.6 Å². The molecule has 1 saturated heterocycles. The van der Waals surface area contributed by atoms with Crippen molar-refractivity contribution in [3.8, 4) is 0 Å². The van der Waals surface area contributed by atoms with E-state index in [1.807, 2.05) is 43.3 Å². The highest BCUT2D eigenvalue weighted by molar-refractivity contribution is 6.03. The molecule has 0 aromatic heterocycles. The quantitative estimate of drug-likeness (QED) is 0.425. The zero-order valence-corrected chi connectivity index (χ0v) is 21.4. The van der Waals surface area contributed by atoms with Crippen LogP contribution in [0.2, 0.25) is 0 Å². The van der Waals surface area contributed by atoms with E-state index in [0.717, 1.165) is 11.1 Å². The van der Waals surface area contributed by atoms with Crippen molar-refractivity contribution >= 4 is 23.4 Å². The summed E-state index contributed by atoms with van der Waals surface area (Å²) in [6.07, 6.45) is 3.04. The molecule has 1 heterocycles. The van der Waals surface area contributed by atoms with E-state index in [-0.39, 0.29) is 13.2 Å². The van der Waals surface area contributed by atoms with Crippen LogP contribution in [0.15, 0.2) is 97.1 Å². The number of aliphatic hydroxyl groups is 1. The standard InChI is InChI=1S/C31H32N2O5/c1-23(24-12-5-2-6-13-24)19-21-38-28(34)22-33-20-11-18-27(33)29(35)32-30(36)31(37,25-14-7-3-8-15-25)26-16-9-4-10-17-26/h2-10,12-17,19,27,37H,11,18,20-22H2,1H3,(H,32,35,36)/t27-/m0/s1. The third-order valence-electron chi connectivity index (χ3n) is 6.81. The summed E-state index contributed by atoms with van der Waals surface area (Å²) in [4.78, 5) is 40.8. The van der Waals surface area contributed by atoms with Crippen molar-refractivity contribution in [2.45, 2.75) is 31.4 Å². The molecule has 0 aliphatic carbocycles. The zero-order valence-electron chi connectivity index (χ0n) is 21.4. The average molecular weight is 513 g/mol. The average Bonchev–Trinajstić information content (AvgIpc) is 3.42. The van der Waals surface area contributed by atoms with Crippen LogP contribution in [-0.4, -0.2) is 53.5 Å². The molecule has 1 atom stereocenters. The van der Waals surface area contributed by atoms with Gasteiger partial charge in [-0.25, -0.2) is 0 Å². The number of likely N-dealkylation sites (tertiary alicyclic amines) is 1. The van der Waals surface area contributed by atoms with Gasteiger partial charge in [-0.15, -0.1) is 0 Å². The largest absolute Gasteiger partial charge is 0.460 e. The number of hydrogen-bond acceptors (Lipinski definition) is 6. The lowest BCUT2D eigenvalue weighted by Gasteiger charge is -2.29. The van der Waals surface area contributed by atoms with Crippen molar-refractivity contribution in [3.05, 3.63) is 114 Å². The van der Waals surface area contributed by atoms with Gasteiger partial charge >= 0.3 is 5.97 Å².